The first-order valence-corrected chi connectivity index (χ1v) is 5.97. The molecule has 0 spiro atoms. The van der Waals surface area contributed by atoms with Crippen LogP contribution in [-0.2, 0) is 4.79 Å². The highest BCUT2D eigenvalue weighted by Crippen LogP contribution is 2.33. The number of hydrogen-bond acceptors (Lipinski definition) is 2. The molecule has 0 aliphatic heterocycles. The van der Waals surface area contributed by atoms with Crippen molar-refractivity contribution in [3.63, 3.8) is 0 Å². The van der Waals surface area contributed by atoms with Crippen LogP contribution in [0.2, 0.25) is 0 Å². The topological polar surface area (TPSA) is 37.3 Å². The average Bonchev–Trinajstić information content (AvgIpc) is 2.22. The lowest BCUT2D eigenvalue weighted by atomic mass is 9.83. The normalized spacial score (nSPS) is 20.3. The van der Waals surface area contributed by atoms with Gasteiger partial charge in [-0.25, -0.2) is 0 Å². The number of rotatable bonds is 1. The molecule has 2 nitrogen and oxygen atoms in total. The van der Waals surface area contributed by atoms with Crippen LogP contribution in [0, 0.1) is 20.8 Å². The fourth-order valence-corrected chi connectivity index (χ4v) is 2.51. The van der Waals surface area contributed by atoms with Gasteiger partial charge in [-0.2, -0.15) is 0 Å². The lowest BCUT2D eigenvalue weighted by Crippen LogP contribution is -2.14. The zero-order valence-electron chi connectivity index (χ0n) is 10.6. The van der Waals surface area contributed by atoms with Crippen LogP contribution in [0.5, 0.6) is 0 Å². The smallest absolute Gasteiger partial charge is 0.159 e. The molecule has 90 valence electrons. The Morgan fingerprint density at radius 3 is 2.35 bits per heavy atom. The first-order valence-electron chi connectivity index (χ1n) is 5.97. The molecule has 0 fully saturated rings. The largest absolute Gasteiger partial charge is 0.512 e. The van der Waals surface area contributed by atoms with E-state index in [2.05, 4.69) is 32.9 Å². The monoisotopic (exact) mass is 230 g/mol. The van der Waals surface area contributed by atoms with Crippen LogP contribution in [0.3, 0.4) is 0 Å². The average molecular weight is 230 g/mol. The summed E-state index contributed by atoms with van der Waals surface area (Å²) in [7, 11) is 0. The van der Waals surface area contributed by atoms with Gasteiger partial charge in [-0.15, -0.1) is 0 Å². The third-order valence-electron chi connectivity index (χ3n) is 3.55. The molecule has 1 unspecified atom stereocenters. The number of hydrogen-bond donors (Lipinski definition) is 1. The second-order valence-electron chi connectivity index (χ2n) is 5.00. The van der Waals surface area contributed by atoms with Crippen molar-refractivity contribution in [3.8, 4) is 0 Å². The standard InChI is InChI=1S/C15H18O2/c1-9-4-11(3)15(5-10(9)2)12-6-13(16)8-14(17)7-12/h4-5,8,12,16H,6-7H2,1-3H3. The molecule has 0 saturated carbocycles. The summed E-state index contributed by atoms with van der Waals surface area (Å²) in [5, 5.41) is 9.57. The number of ketones is 1. The van der Waals surface area contributed by atoms with Crippen molar-refractivity contribution < 1.29 is 9.90 Å². The van der Waals surface area contributed by atoms with Gasteiger partial charge >= 0.3 is 0 Å². The molecule has 2 rings (SSSR count). The molecule has 0 bridgehead atoms. The molecular weight excluding hydrogens is 212 g/mol. The summed E-state index contributed by atoms with van der Waals surface area (Å²) in [6.07, 6.45) is 2.44. The van der Waals surface area contributed by atoms with Crippen molar-refractivity contribution in [1.29, 1.82) is 0 Å². The Kier molecular flexibility index (Phi) is 3.05. The maximum absolute atomic E-state index is 11.5. The Bertz CT molecular complexity index is 498. The van der Waals surface area contributed by atoms with Crippen molar-refractivity contribution >= 4 is 5.78 Å². The summed E-state index contributed by atoms with van der Waals surface area (Å²) < 4.78 is 0. The zero-order valence-corrected chi connectivity index (χ0v) is 10.6. The molecule has 1 atom stereocenters. The lowest BCUT2D eigenvalue weighted by molar-refractivity contribution is -0.115. The van der Waals surface area contributed by atoms with E-state index in [4.69, 9.17) is 0 Å². The van der Waals surface area contributed by atoms with Crippen molar-refractivity contribution in [1.82, 2.24) is 0 Å². The van der Waals surface area contributed by atoms with Gasteiger partial charge in [0.05, 0.1) is 5.76 Å². The Morgan fingerprint density at radius 2 is 1.71 bits per heavy atom. The van der Waals surface area contributed by atoms with Crippen LogP contribution in [0.1, 0.15) is 41.0 Å². The molecule has 17 heavy (non-hydrogen) atoms. The summed E-state index contributed by atoms with van der Waals surface area (Å²) in [5.41, 5.74) is 4.92. The Balaban J connectivity index is 2.38. The maximum atomic E-state index is 11.5. The second kappa shape index (κ2) is 4.36. The molecule has 1 N–H and O–H groups in total. The minimum atomic E-state index is 0.0244. The lowest BCUT2D eigenvalue weighted by Gasteiger charge is -2.22. The Morgan fingerprint density at radius 1 is 1.06 bits per heavy atom. The van der Waals surface area contributed by atoms with Crippen LogP contribution < -0.4 is 0 Å². The first kappa shape index (κ1) is 11.9. The van der Waals surface area contributed by atoms with Crippen LogP contribution in [0.15, 0.2) is 24.0 Å². The summed E-state index contributed by atoms with van der Waals surface area (Å²) in [6, 6.07) is 4.31. The van der Waals surface area contributed by atoms with Crippen LogP contribution in [-0.4, -0.2) is 10.9 Å². The predicted molar refractivity (Wildman–Crippen MR) is 68.3 cm³/mol. The summed E-state index contributed by atoms with van der Waals surface area (Å²) in [4.78, 5) is 11.5. The summed E-state index contributed by atoms with van der Waals surface area (Å²) in [6.45, 7) is 6.25. The molecule has 1 aliphatic carbocycles. The molecular formula is C15H18O2. The molecule has 1 aromatic carbocycles. The van der Waals surface area contributed by atoms with E-state index in [0.717, 1.165) is 0 Å². The fraction of sp³-hybridized carbons (Fsp3) is 0.400. The van der Waals surface area contributed by atoms with Gasteiger partial charge in [0.25, 0.3) is 0 Å². The van der Waals surface area contributed by atoms with Gasteiger partial charge in [0.1, 0.15) is 0 Å². The van der Waals surface area contributed by atoms with Gasteiger partial charge in [0.2, 0.25) is 0 Å². The third-order valence-corrected chi connectivity index (χ3v) is 3.55. The first-order chi connectivity index (χ1) is 7.97. The highest BCUT2D eigenvalue weighted by atomic mass is 16.3. The highest BCUT2D eigenvalue weighted by Gasteiger charge is 2.23. The van der Waals surface area contributed by atoms with Crippen molar-refractivity contribution in [2.45, 2.75) is 39.5 Å². The predicted octanol–water partition coefficient (Wildman–Crippen LogP) is 3.50. The Hall–Kier alpha value is -1.57. The minimum Gasteiger partial charge on any atom is -0.512 e. The van der Waals surface area contributed by atoms with E-state index in [0.29, 0.717) is 12.8 Å². The van der Waals surface area contributed by atoms with Crippen molar-refractivity contribution in [2.75, 3.05) is 0 Å². The highest BCUT2D eigenvalue weighted by molar-refractivity contribution is 5.91. The van der Waals surface area contributed by atoms with E-state index in [1.807, 2.05) is 0 Å². The summed E-state index contributed by atoms with van der Waals surface area (Å²) in [5.74, 6) is 0.368. The van der Waals surface area contributed by atoms with Crippen LogP contribution in [0.4, 0.5) is 0 Å². The second-order valence-corrected chi connectivity index (χ2v) is 5.00. The van der Waals surface area contributed by atoms with Gasteiger partial charge in [-0.1, -0.05) is 12.1 Å². The maximum Gasteiger partial charge on any atom is 0.159 e. The quantitative estimate of drug-likeness (QED) is 0.801. The van der Waals surface area contributed by atoms with E-state index in [-0.39, 0.29) is 17.5 Å². The number of allylic oxidation sites excluding steroid dienone is 2. The molecule has 0 saturated heterocycles. The SMILES string of the molecule is Cc1cc(C)c(C2CC(=O)C=C(O)C2)cc1C. The molecule has 2 heteroatoms. The van der Waals surface area contributed by atoms with E-state index in [1.165, 1.54) is 28.3 Å². The van der Waals surface area contributed by atoms with Gasteiger partial charge in [-0.05, 0) is 48.9 Å². The van der Waals surface area contributed by atoms with E-state index in [9.17, 15) is 9.90 Å². The fourth-order valence-electron chi connectivity index (χ4n) is 2.51. The zero-order chi connectivity index (χ0) is 12.6. The molecule has 0 aromatic heterocycles. The van der Waals surface area contributed by atoms with Gasteiger partial charge in [0.15, 0.2) is 5.78 Å². The molecule has 0 amide bonds. The van der Waals surface area contributed by atoms with Crippen molar-refractivity contribution in [2.24, 2.45) is 0 Å². The van der Waals surface area contributed by atoms with Crippen molar-refractivity contribution in [3.05, 3.63) is 46.2 Å². The number of aliphatic hydroxyl groups excluding tert-OH is 1. The molecule has 0 radical (unpaired) electrons. The Labute approximate surface area is 102 Å². The third kappa shape index (κ3) is 2.41. The number of carbonyl (C=O) groups is 1. The van der Waals surface area contributed by atoms with Gasteiger partial charge in [-0.3, -0.25) is 4.79 Å². The number of aliphatic hydroxyl groups is 1. The van der Waals surface area contributed by atoms with E-state index in [1.54, 1.807) is 0 Å². The molecule has 0 heterocycles. The number of benzene rings is 1. The summed E-state index contributed by atoms with van der Waals surface area (Å²) >= 11 is 0. The van der Waals surface area contributed by atoms with Crippen LogP contribution >= 0.6 is 0 Å². The number of carbonyl (C=O) groups excluding carboxylic acids is 1. The van der Waals surface area contributed by atoms with Gasteiger partial charge < -0.3 is 5.11 Å². The van der Waals surface area contributed by atoms with Gasteiger partial charge in [0, 0.05) is 18.9 Å². The van der Waals surface area contributed by atoms with E-state index < -0.39 is 0 Å². The molecule has 1 aromatic rings. The minimum absolute atomic E-state index is 0.0244. The number of aryl methyl sites for hydroxylation is 3. The molecule has 1 aliphatic rings. The van der Waals surface area contributed by atoms with Crippen LogP contribution in [0.25, 0.3) is 0 Å². The van der Waals surface area contributed by atoms with E-state index >= 15 is 0 Å².